The van der Waals surface area contributed by atoms with Crippen LogP contribution in [0.15, 0.2) is 47.6 Å². The molecule has 2 heterocycles. The number of halogens is 2. The van der Waals surface area contributed by atoms with E-state index in [1.807, 2.05) is 24.3 Å². The summed E-state index contributed by atoms with van der Waals surface area (Å²) < 4.78 is 34.3. The smallest absolute Gasteiger partial charge is 0.241 e. The first-order valence-electron chi connectivity index (χ1n) is 9.73. The van der Waals surface area contributed by atoms with Gasteiger partial charge in [-0.25, -0.2) is 13.8 Å². The summed E-state index contributed by atoms with van der Waals surface area (Å²) in [6, 6.07) is 10.9. The van der Waals surface area contributed by atoms with E-state index in [4.69, 9.17) is 4.74 Å². The van der Waals surface area contributed by atoms with Crippen molar-refractivity contribution < 1.29 is 18.3 Å². The van der Waals surface area contributed by atoms with E-state index in [1.165, 1.54) is 23.7 Å². The third-order valence-corrected chi connectivity index (χ3v) is 6.92. The van der Waals surface area contributed by atoms with Gasteiger partial charge >= 0.3 is 0 Å². The number of nitrogens with zero attached hydrogens (tertiary/aromatic N) is 2. The molecule has 0 radical (unpaired) electrons. The number of hydrogen-bond donors (Lipinski definition) is 0. The van der Waals surface area contributed by atoms with Gasteiger partial charge in [-0.15, -0.1) is 0 Å². The molecule has 0 bridgehead atoms. The fourth-order valence-corrected chi connectivity index (χ4v) is 5.59. The van der Waals surface area contributed by atoms with E-state index in [9.17, 15) is 13.6 Å². The van der Waals surface area contributed by atoms with E-state index in [0.29, 0.717) is 17.4 Å². The van der Waals surface area contributed by atoms with Gasteiger partial charge in [-0.2, -0.15) is 5.10 Å². The maximum atomic E-state index is 14.5. The Morgan fingerprint density at radius 2 is 2.10 bits per heavy atom. The first kappa shape index (κ1) is 19.9. The lowest BCUT2D eigenvalue weighted by atomic mass is 9.85. The molecule has 4 nitrogen and oxygen atoms in total. The average molecular weight is 416 g/mol. The lowest BCUT2D eigenvalue weighted by Crippen LogP contribution is -2.50. The van der Waals surface area contributed by atoms with Gasteiger partial charge in [0, 0.05) is 24.0 Å². The van der Waals surface area contributed by atoms with Gasteiger partial charge in [0.1, 0.15) is 22.4 Å². The van der Waals surface area contributed by atoms with Crippen molar-refractivity contribution in [3.63, 3.8) is 0 Å². The molecule has 0 unspecified atom stereocenters. The molecule has 7 heteroatoms. The van der Waals surface area contributed by atoms with Crippen molar-refractivity contribution in [2.24, 2.45) is 11.0 Å². The fraction of sp³-hybridized carbons (Fsp3) is 0.364. The number of hydrazone groups is 1. The SMILES string of the molecule is CCCC[C@@H]1COc2ccccc2[C@@]12SC(c1cc(F)ccc1F)=NN2C(C)=O. The van der Waals surface area contributed by atoms with Crippen LogP contribution in [0.2, 0.25) is 0 Å². The van der Waals surface area contributed by atoms with Crippen LogP contribution in [0.25, 0.3) is 0 Å². The third-order valence-electron chi connectivity index (χ3n) is 5.39. The molecule has 0 N–H and O–H groups in total. The van der Waals surface area contributed by atoms with Crippen molar-refractivity contribution in [2.75, 3.05) is 6.61 Å². The quantitative estimate of drug-likeness (QED) is 0.682. The monoisotopic (exact) mass is 416 g/mol. The molecule has 1 spiro atoms. The number of hydrogen-bond acceptors (Lipinski definition) is 4. The summed E-state index contributed by atoms with van der Waals surface area (Å²) in [7, 11) is 0. The maximum absolute atomic E-state index is 14.5. The molecule has 2 atom stereocenters. The Bertz CT molecular complexity index is 981. The van der Waals surface area contributed by atoms with Gasteiger partial charge in [0.05, 0.1) is 6.61 Å². The van der Waals surface area contributed by atoms with E-state index in [1.54, 1.807) is 0 Å². The molecule has 4 rings (SSSR count). The van der Waals surface area contributed by atoms with Crippen molar-refractivity contribution in [3.05, 3.63) is 65.2 Å². The van der Waals surface area contributed by atoms with Crippen molar-refractivity contribution >= 4 is 22.7 Å². The molecular weight excluding hydrogens is 394 g/mol. The average Bonchev–Trinajstić information content (AvgIpc) is 3.11. The summed E-state index contributed by atoms with van der Waals surface area (Å²) >= 11 is 1.32. The van der Waals surface area contributed by atoms with Crippen LogP contribution in [0.4, 0.5) is 8.78 Å². The summed E-state index contributed by atoms with van der Waals surface area (Å²) in [6.45, 7) is 3.99. The number of unbranched alkanes of at least 4 members (excludes halogenated alkanes) is 1. The van der Waals surface area contributed by atoms with Gasteiger partial charge in [0.25, 0.3) is 0 Å². The van der Waals surface area contributed by atoms with Crippen LogP contribution in [0.1, 0.15) is 44.2 Å². The maximum Gasteiger partial charge on any atom is 0.241 e. The second-order valence-corrected chi connectivity index (χ2v) is 8.52. The molecule has 0 saturated heterocycles. The zero-order valence-electron chi connectivity index (χ0n) is 16.3. The van der Waals surface area contributed by atoms with Crippen molar-refractivity contribution in [3.8, 4) is 5.75 Å². The number of amides is 1. The van der Waals surface area contributed by atoms with E-state index < -0.39 is 16.5 Å². The van der Waals surface area contributed by atoms with E-state index >= 15 is 0 Å². The number of carbonyl (C=O) groups is 1. The highest BCUT2D eigenvalue weighted by molar-refractivity contribution is 8.15. The summed E-state index contributed by atoms with van der Waals surface area (Å²) in [5.41, 5.74) is 0.902. The Morgan fingerprint density at radius 3 is 2.86 bits per heavy atom. The third kappa shape index (κ3) is 3.31. The first-order valence-corrected chi connectivity index (χ1v) is 10.5. The van der Waals surface area contributed by atoms with E-state index in [-0.39, 0.29) is 17.4 Å². The number of fused-ring (bicyclic) bond motifs is 2. The molecule has 2 aliphatic rings. The Hall–Kier alpha value is -2.41. The van der Waals surface area contributed by atoms with Gasteiger partial charge in [0.15, 0.2) is 4.87 Å². The molecule has 0 aromatic heterocycles. The number of thioether (sulfide) groups is 1. The highest BCUT2D eigenvalue weighted by atomic mass is 32.2. The van der Waals surface area contributed by atoms with Crippen molar-refractivity contribution in [1.82, 2.24) is 5.01 Å². The summed E-state index contributed by atoms with van der Waals surface area (Å²) in [5.74, 6) is -0.708. The predicted molar refractivity (Wildman–Crippen MR) is 110 cm³/mol. The van der Waals surface area contributed by atoms with Crippen LogP contribution in [0.3, 0.4) is 0 Å². The van der Waals surface area contributed by atoms with Crippen LogP contribution in [0.5, 0.6) is 5.75 Å². The molecule has 0 aliphatic carbocycles. The molecule has 0 fully saturated rings. The highest BCUT2D eigenvalue weighted by Crippen LogP contribution is 2.57. The lowest BCUT2D eigenvalue weighted by molar-refractivity contribution is -0.134. The normalized spacial score (nSPS) is 23.0. The molecule has 152 valence electrons. The summed E-state index contributed by atoms with van der Waals surface area (Å²) in [6.07, 6.45) is 2.80. The zero-order valence-corrected chi connectivity index (χ0v) is 17.1. The Kier molecular flexibility index (Phi) is 5.34. The van der Waals surface area contributed by atoms with Crippen LogP contribution in [0, 0.1) is 17.6 Å². The van der Waals surface area contributed by atoms with Crippen molar-refractivity contribution in [2.45, 2.75) is 38.0 Å². The second kappa shape index (κ2) is 7.78. The van der Waals surface area contributed by atoms with E-state index in [0.717, 1.165) is 43.0 Å². The largest absolute Gasteiger partial charge is 0.493 e. The van der Waals surface area contributed by atoms with Gasteiger partial charge in [-0.1, -0.05) is 49.7 Å². The second-order valence-electron chi connectivity index (χ2n) is 7.30. The minimum Gasteiger partial charge on any atom is -0.493 e. The molecule has 1 amide bonds. The molecule has 2 aliphatic heterocycles. The number of ether oxygens (including phenoxy) is 1. The van der Waals surface area contributed by atoms with Crippen LogP contribution in [-0.4, -0.2) is 22.6 Å². The first-order chi connectivity index (χ1) is 14.0. The fourth-order valence-electron chi connectivity index (χ4n) is 4.02. The zero-order chi connectivity index (χ0) is 20.6. The van der Waals surface area contributed by atoms with Gasteiger partial charge in [-0.05, 0) is 30.7 Å². The summed E-state index contributed by atoms with van der Waals surface area (Å²) in [4.78, 5) is 11.8. The predicted octanol–water partition coefficient (Wildman–Crippen LogP) is 5.27. The minimum absolute atomic E-state index is 0.0379. The van der Waals surface area contributed by atoms with Crippen LogP contribution >= 0.6 is 11.8 Å². The number of rotatable bonds is 4. The lowest BCUT2D eigenvalue weighted by Gasteiger charge is -2.45. The van der Waals surface area contributed by atoms with Gasteiger partial charge in [-0.3, -0.25) is 4.79 Å². The summed E-state index contributed by atoms with van der Waals surface area (Å²) in [5, 5.41) is 6.24. The van der Waals surface area contributed by atoms with Crippen molar-refractivity contribution in [1.29, 1.82) is 0 Å². The Morgan fingerprint density at radius 1 is 1.31 bits per heavy atom. The topological polar surface area (TPSA) is 41.9 Å². The molecule has 2 aromatic carbocycles. The molecule has 2 aromatic rings. The highest BCUT2D eigenvalue weighted by Gasteiger charge is 2.56. The van der Waals surface area contributed by atoms with Crippen LogP contribution < -0.4 is 4.74 Å². The number of carbonyl (C=O) groups excluding carboxylic acids is 1. The van der Waals surface area contributed by atoms with Crippen LogP contribution in [-0.2, 0) is 9.67 Å². The molecular formula is C22H22F2N2O2S. The van der Waals surface area contributed by atoms with Gasteiger partial charge in [0.2, 0.25) is 5.91 Å². The Balaban J connectivity index is 1.87. The number of benzene rings is 2. The molecule has 29 heavy (non-hydrogen) atoms. The Labute approximate surface area is 172 Å². The molecule has 0 saturated carbocycles. The minimum atomic E-state index is -0.843. The van der Waals surface area contributed by atoms with E-state index in [2.05, 4.69) is 12.0 Å². The van der Waals surface area contributed by atoms with Gasteiger partial charge < -0.3 is 4.74 Å². The number of para-hydroxylation sites is 1. The standard InChI is InChI=1S/C22H22F2N2O2S/c1-3-4-7-15-13-28-20-9-6-5-8-18(20)22(15)26(14(2)27)25-21(29-22)17-12-16(23)10-11-19(17)24/h5-6,8-12,15H,3-4,7,13H2,1-2H3/t15-,22+/m1/s1.